The van der Waals surface area contributed by atoms with Gasteiger partial charge in [-0.2, -0.15) is 0 Å². The third-order valence-electron chi connectivity index (χ3n) is 3.82. The monoisotopic (exact) mass is 502 g/mol. The number of benzene rings is 1. The average Bonchev–Trinajstić information content (AvgIpc) is 2.89. The molecule has 0 spiro atoms. The van der Waals surface area contributed by atoms with Gasteiger partial charge in [-0.3, -0.25) is 0 Å². The average molecular weight is 502 g/mol. The summed E-state index contributed by atoms with van der Waals surface area (Å²) in [5.74, 6) is 1.69. The molecule has 1 heterocycles. The van der Waals surface area contributed by atoms with Crippen LogP contribution in [0.5, 0.6) is 5.75 Å². The fourth-order valence-electron chi connectivity index (χ4n) is 2.44. The number of thiazole rings is 1. The largest absolute Gasteiger partial charge is 0.491 e. The molecule has 0 aliphatic rings. The molecule has 0 radical (unpaired) electrons. The molecule has 150 valence electrons. The van der Waals surface area contributed by atoms with Gasteiger partial charge >= 0.3 is 0 Å². The summed E-state index contributed by atoms with van der Waals surface area (Å²) in [5.41, 5.74) is 3.37. The summed E-state index contributed by atoms with van der Waals surface area (Å²) >= 11 is 1.72. The van der Waals surface area contributed by atoms with Crippen molar-refractivity contribution < 1.29 is 4.74 Å². The summed E-state index contributed by atoms with van der Waals surface area (Å²) in [6, 6.07) is 6.26. The van der Waals surface area contributed by atoms with Crippen LogP contribution in [-0.4, -0.2) is 23.6 Å². The molecule has 1 aromatic carbocycles. The fraction of sp³-hybridized carbons (Fsp3) is 0.500. The first-order valence-corrected chi connectivity index (χ1v) is 9.92. The number of aliphatic imine (C=N–C) groups is 1. The third kappa shape index (κ3) is 7.65. The minimum Gasteiger partial charge on any atom is -0.491 e. The first kappa shape index (κ1) is 23.7. The first-order chi connectivity index (χ1) is 12.4. The first-order valence-electron chi connectivity index (χ1n) is 9.10. The van der Waals surface area contributed by atoms with Gasteiger partial charge in [0.05, 0.1) is 24.9 Å². The standard InChI is InChI=1S/C20H30N4OS.HI/c1-7-21-20(23-12-19-24-15(5)16(6)26-19)22-11-17-9-8-14(4)10-18(17)25-13(2)3;/h8-10,13H,7,11-12H2,1-6H3,(H2,21,22,23);1H. The Hall–Kier alpha value is -1.35. The third-order valence-corrected chi connectivity index (χ3v) is 4.89. The second kappa shape index (κ2) is 11.5. The van der Waals surface area contributed by atoms with Crippen LogP contribution in [-0.2, 0) is 13.1 Å². The minimum absolute atomic E-state index is 0. The van der Waals surface area contributed by atoms with E-state index >= 15 is 0 Å². The number of hydrogen-bond acceptors (Lipinski definition) is 4. The summed E-state index contributed by atoms with van der Waals surface area (Å²) in [4.78, 5) is 10.6. The highest BCUT2D eigenvalue weighted by atomic mass is 127. The van der Waals surface area contributed by atoms with Crippen LogP contribution in [0.4, 0.5) is 0 Å². The van der Waals surface area contributed by atoms with E-state index in [1.54, 1.807) is 11.3 Å². The second-order valence-corrected chi connectivity index (χ2v) is 7.86. The molecule has 2 aromatic rings. The minimum atomic E-state index is 0. The van der Waals surface area contributed by atoms with E-state index in [0.717, 1.165) is 34.5 Å². The van der Waals surface area contributed by atoms with Crippen molar-refractivity contribution >= 4 is 41.3 Å². The van der Waals surface area contributed by atoms with E-state index < -0.39 is 0 Å². The molecular formula is C20H31IN4OS. The molecular weight excluding hydrogens is 471 g/mol. The second-order valence-electron chi connectivity index (χ2n) is 6.58. The molecule has 5 nitrogen and oxygen atoms in total. The lowest BCUT2D eigenvalue weighted by atomic mass is 10.1. The normalized spacial score (nSPS) is 11.3. The maximum absolute atomic E-state index is 5.95. The van der Waals surface area contributed by atoms with Gasteiger partial charge in [-0.05, 0) is 53.2 Å². The molecule has 2 N–H and O–H groups in total. The molecule has 0 atom stereocenters. The lowest BCUT2D eigenvalue weighted by Crippen LogP contribution is -2.36. The van der Waals surface area contributed by atoms with Gasteiger partial charge < -0.3 is 15.4 Å². The molecule has 1 aromatic heterocycles. The van der Waals surface area contributed by atoms with Crippen molar-refractivity contribution in [1.29, 1.82) is 0 Å². The van der Waals surface area contributed by atoms with E-state index in [1.807, 2.05) is 20.8 Å². The molecule has 0 unspecified atom stereocenters. The zero-order chi connectivity index (χ0) is 19.1. The Kier molecular flexibility index (Phi) is 10.1. The number of nitrogens with zero attached hydrogens (tertiary/aromatic N) is 2. The Balaban J connectivity index is 0.00000364. The Morgan fingerprint density at radius 2 is 1.96 bits per heavy atom. The van der Waals surface area contributed by atoms with Gasteiger partial charge in [-0.1, -0.05) is 12.1 Å². The van der Waals surface area contributed by atoms with Crippen LogP contribution in [0.2, 0.25) is 0 Å². The Morgan fingerprint density at radius 3 is 2.56 bits per heavy atom. The number of hydrogen-bond donors (Lipinski definition) is 2. The van der Waals surface area contributed by atoms with E-state index in [0.29, 0.717) is 13.1 Å². The highest BCUT2D eigenvalue weighted by Crippen LogP contribution is 2.22. The number of ether oxygens (including phenoxy) is 1. The summed E-state index contributed by atoms with van der Waals surface area (Å²) in [5, 5.41) is 7.73. The number of guanidine groups is 1. The molecule has 0 aliphatic carbocycles. The molecule has 0 bridgehead atoms. The van der Waals surface area contributed by atoms with E-state index in [4.69, 9.17) is 9.73 Å². The Morgan fingerprint density at radius 1 is 1.22 bits per heavy atom. The fourth-order valence-corrected chi connectivity index (χ4v) is 3.31. The Labute approximate surface area is 184 Å². The van der Waals surface area contributed by atoms with Crippen LogP contribution in [0.1, 0.15) is 47.5 Å². The van der Waals surface area contributed by atoms with Crippen LogP contribution < -0.4 is 15.4 Å². The predicted octanol–water partition coefficient (Wildman–Crippen LogP) is 4.73. The zero-order valence-corrected chi connectivity index (χ0v) is 20.2. The highest BCUT2D eigenvalue weighted by molar-refractivity contribution is 14.0. The van der Waals surface area contributed by atoms with Crippen LogP contribution in [0, 0.1) is 20.8 Å². The van der Waals surface area contributed by atoms with Gasteiger partial charge in [0.1, 0.15) is 10.8 Å². The number of aromatic nitrogens is 1. The van der Waals surface area contributed by atoms with Gasteiger partial charge in [-0.15, -0.1) is 35.3 Å². The molecule has 27 heavy (non-hydrogen) atoms. The molecule has 0 fully saturated rings. The van der Waals surface area contributed by atoms with Crippen molar-refractivity contribution in [2.75, 3.05) is 6.54 Å². The lowest BCUT2D eigenvalue weighted by Gasteiger charge is -2.15. The quantitative estimate of drug-likeness (QED) is 0.327. The van der Waals surface area contributed by atoms with Gasteiger partial charge in [0.25, 0.3) is 0 Å². The van der Waals surface area contributed by atoms with Crippen molar-refractivity contribution in [1.82, 2.24) is 15.6 Å². The maximum Gasteiger partial charge on any atom is 0.191 e. The van der Waals surface area contributed by atoms with Crippen LogP contribution in [0.25, 0.3) is 0 Å². The highest BCUT2D eigenvalue weighted by Gasteiger charge is 2.08. The summed E-state index contributed by atoms with van der Waals surface area (Å²) < 4.78 is 5.95. The Bertz CT molecular complexity index is 739. The van der Waals surface area contributed by atoms with E-state index in [-0.39, 0.29) is 30.1 Å². The van der Waals surface area contributed by atoms with E-state index in [9.17, 15) is 0 Å². The van der Waals surface area contributed by atoms with E-state index in [2.05, 4.69) is 54.6 Å². The molecule has 0 saturated carbocycles. The van der Waals surface area contributed by atoms with Crippen LogP contribution >= 0.6 is 35.3 Å². The maximum atomic E-state index is 5.95. The van der Waals surface area contributed by atoms with Crippen LogP contribution in [0.15, 0.2) is 23.2 Å². The summed E-state index contributed by atoms with van der Waals surface area (Å²) in [7, 11) is 0. The number of halogens is 1. The van der Waals surface area contributed by atoms with Crippen molar-refractivity contribution in [3.63, 3.8) is 0 Å². The van der Waals surface area contributed by atoms with E-state index in [1.165, 1.54) is 10.4 Å². The smallest absolute Gasteiger partial charge is 0.191 e. The van der Waals surface area contributed by atoms with Crippen LogP contribution in [0.3, 0.4) is 0 Å². The SMILES string of the molecule is CCNC(=NCc1ccc(C)cc1OC(C)C)NCc1nc(C)c(C)s1.I. The number of rotatable bonds is 7. The number of aryl methyl sites for hydroxylation is 3. The molecule has 7 heteroatoms. The van der Waals surface area contributed by atoms with Crippen molar-refractivity contribution in [2.24, 2.45) is 4.99 Å². The molecule has 2 rings (SSSR count). The topological polar surface area (TPSA) is 58.5 Å². The van der Waals surface area contributed by atoms with Gasteiger partial charge in [0.15, 0.2) is 5.96 Å². The van der Waals surface area contributed by atoms with Crippen molar-refractivity contribution in [3.05, 3.63) is 44.9 Å². The van der Waals surface area contributed by atoms with Gasteiger partial charge in [-0.25, -0.2) is 9.98 Å². The zero-order valence-electron chi connectivity index (χ0n) is 17.0. The van der Waals surface area contributed by atoms with Gasteiger partial charge in [0, 0.05) is 17.0 Å². The lowest BCUT2D eigenvalue weighted by molar-refractivity contribution is 0.240. The predicted molar refractivity (Wildman–Crippen MR) is 126 cm³/mol. The summed E-state index contributed by atoms with van der Waals surface area (Å²) in [6.45, 7) is 14.4. The number of nitrogens with one attached hydrogen (secondary N) is 2. The van der Waals surface area contributed by atoms with Crippen molar-refractivity contribution in [3.8, 4) is 5.75 Å². The molecule has 0 saturated heterocycles. The summed E-state index contributed by atoms with van der Waals surface area (Å²) in [6.07, 6.45) is 0.141. The molecule has 0 aliphatic heterocycles. The van der Waals surface area contributed by atoms with Crippen molar-refractivity contribution in [2.45, 2.75) is 60.7 Å². The molecule has 0 amide bonds. The van der Waals surface area contributed by atoms with Gasteiger partial charge in [0.2, 0.25) is 0 Å².